The number of amides is 3. The predicted octanol–water partition coefficient (Wildman–Crippen LogP) is 3.03. The first kappa shape index (κ1) is 15.7. The van der Waals surface area contributed by atoms with Gasteiger partial charge >= 0.3 is 0 Å². The first-order valence-corrected chi connectivity index (χ1v) is 7.50. The molecule has 0 saturated carbocycles. The molecule has 1 heterocycles. The average Bonchev–Trinajstić information content (AvgIpc) is 2.80. The van der Waals surface area contributed by atoms with E-state index in [1.54, 1.807) is 12.1 Å². The van der Waals surface area contributed by atoms with Crippen molar-refractivity contribution in [3.8, 4) is 0 Å². The molecule has 0 atom stereocenters. The van der Waals surface area contributed by atoms with Crippen molar-refractivity contribution in [2.24, 2.45) is 0 Å². The van der Waals surface area contributed by atoms with Gasteiger partial charge in [0.15, 0.2) is 0 Å². The van der Waals surface area contributed by atoms with Crippen LogP contribution in [0.4, 0.5) is 5.69 Å². The Hall–Kier alpha value is -3.21. The molecule has 0 unspecified atom stereocenters. The predicted molar refractivity (Wildman–Crippen MR) is 91.1 cm³/mol. The van der Waals surface area contributed by atoms with Gasteiger partial charge in [0.05, 0.1) is 11.1 Å². The zero-order valence-electron chi connectivity index (χ0n) is 13.2. The minimum absolute atomic E-state index is 0.150. The van der Waals surface area contributed by atoms with Gasteiger partial charge in [0.25, 0.3) is 17.7 Å². The molecule has 5 nitrogen and oxygen atoms in total. The molecule has 24 heavy (non-hydrogen) atoms. The zero-order valence-corrected chi connectivity index (χ0v) is 13.2. The summed E-state index contributed by atoms with van der Waals surface area (Å²) in [5.74, 6) is -1.09. The SMILES string of the molecule is C=CCN1C(=O)c2ccc(C(=O)Nc3cccc(C)c3)cc2C1=O. The van der Waals surface area contributed by atoms with Gasteiger partial charge in [-0.05, 0) is 42.8 Å². The van der Waals surface area contributed by atoms with Gasteiger partial charge in [-0.15, -0.1) is 6.58 Å². The number of benzene rings is 2. The van der Waals surface area contributed by atoms with E-state index in [0.717, 1.165) is 10.5 Å². The number of anilines is 1. The highest BCUT2D eigenvalue weighted by Crippen LogP contribution is 2.24. The number of imide groups is 1. The van der Waals surface area contributed by atoms with Crippen LogP contribution < -0.4 is 5.32 Å². The summed E-state index contributed by atoms with van der Waals surface area (Å²) < 4.78 is 0. The van der Waals surface area contributed by atoms with Crippen LogP contribution in [0.3, 0.4) is 0 Å². The Labute approximate surface area is 139 Å². The smallest absolute Gasteiger partial charge is 0.261 e. The van der Waals surface area contributed by atoms with E-state index < -0.39 is 5.91 Å². The van der Waals surface area contributed by atoms with E-state index in [1.807, 2.05) is 25.1 Å². The molecule has 2 aromatic carbocycles. The molecule has 1 N–H and O–H groups in total. The molecule has 0 bridgehead atoms. The molecular formula is C19H16N2O3. The van der Waals surface area contributed by atoms with Crippen LogP contribution in [-0.4, -0.2) is 29.2 Å². The van der Waals surface area contributed by atoms with Crippen molar-refractivity contribution in [3.05, 3.63) is 77.4 Å². The Bertz CT molecular complexity index is 871. The Morgan fingerprint density at radius 3 is 2.58 bits per heavy atom. The lowest BCUT2D eigenvalue weighted by Gasteiger charge is -2.09. The fraction of sp³-hybridized carbons (Fsp3) is 0.105. The molecule has 0 saturated heterocycles. The van der Waals surface area contributed by atoms with Gasteiger partial charge in [-0.2, -0.15) is 0 Å². The third-order valence-corrected chi connectivity index (χ3v) is 3.82. The zero-order chi connectivity index (χ0) is 17.3. The quantitative estimate of drug-likeness (QED) is 0.695. The molecular weight excluding hydrogens is 304 g/mol. The first-order valence-electron chi connectivity index (χ1n) is 7.50. The van der Waals surface area contributed by atoms with Gasteiger partial charge in [-0.3, -0.25) is 19.3 Å². The molecule has 0 spiro atoms. The highest BCUT2D eigenvalue weighted by atomic mass is 16.2. The summed E-state index contributed by atoms with van der Waals surface area (Å²) in [5, 5.41) is 2.79. The van der Waals surface area contributed by atoms with E-state index in [0.29, 0.717) is 16.8 Å². The van der Waals surface area contributed by atoms with Crippen molar-refractivity contribution in [3.63, 3.8) is 0 Å². The summed E-state index contributed by atoms with van der Waals surface area (Å²) in [6.07, 6.45) is 1.49. The third-order valence-electron chi connectivity index (χ3n) is 3.82. The maximum atomic E-state index is 12.4. The third kappa shape index (κ3) is 2.72. The van der Waals surface area contributed by atoms with Gasteiger partial charge in [-0.1, -0.05) is 18.2 Å². The second kappa shape index (κ2) is 6.12. The summed E-state index contributed by atoms with van der Waals surface area (Å²) in [7, 11) is 0. The number of nitrogens with one attached hydrogen (secondary N) is 1. The van der Waals surface area contributed by atoms with Crippen LogP contribution in [0.5, 0.6) is 0 Å². The van der Waals surface area contributed by atoms with E-state index in [4.69, 9.17) is 0 Å². The monoisotopic (exact) mass is 320 g/mol. The topological polar surface area (TPSA) is 66.5 Å². The number of carbonyl (C=O) groups is 3. The van der Waals surface area contributed by atoms with E-state index in [1.165, 1.54) is 18.2 Å². The fourth-order valence-electron chi connectivity index (χ4n) is 2.65. The second-order valence-corrected chi connectivity index (χ2v) is 5.59. The molecule has 1 aliphatic rings. The van der Waals surface area contributed by atoms with E-state index >= 15 is 0 Å². The second-order valence-electron chi connectivity index (χ2n) is 5.59. The normalized spacial score (nSPS) is 13.0. The molecule has 1 aliphatic heterocycles. The molecule has 0 aromatic heterocycles. The lowest BCUT2D eigenvalue weighted by molar-refractivity contribution is 0.0672. The Kier molecular flexibility index (Phi) is 4.00. The van der Waals surface area contributed by atoms with Gasteiger partial charge in [-0.25, -0.2) is 0 Å². The Morgan fingerprint density at radius 1 is 1.12 bits per heavy atom. The van der Waals surface area contributed by atoms with E-state index in [9.17, 15) is 14.4 Å². The molecule has 3 amide bonds. The molecule has 0 radical (unpaired) electrons. The Balaban J connectivity index is 1.87. The molecule has 0 fully saturated rings. The number of nitrogens with zero attached hydrogens (tertiary/aromatic N) is 1. The van der Waals surface area contributed by atoms with Crippen LogP contribution in [-0.2, 0) is 0 Å². The summed E-state index contributed by atoms with van der Waals surface area (Å²) in [5.41, 5.74) is 2.60. The van der Waals surface area contributed by atoms with Crippen LogP contribution in [0.15, 0.2) is 55.1 Å². The Morgan fingerprint density at radius 2 is 1.88 bits per heavy atom. The fourth-order valence-corrected chi connectivity index (χ4v) is 2.65. The van der Waals surface area contributed by atoms with Crippen LogP contribution >= 0.6 is 0 Å². The summed E-state index contributed by atoms with van der Waals surface area (Å²) >= 11 is 0. The molecule has 2 aromatic rings. The number of aryl methyl sites for hydroxylation is 1. The average molecular weight is 320 g/mol. The largest absolute Gasteiger partial charge is 0.322 e. The van der Waals surface area contributed by atoms with E-state index in [-0.39, 0.29) is 23.9 Å². The number of rotatable bonds is 4. The van der Waals surface area contributed by atoms with Crippen LogP contribution in [0.25, 0.3) is 0 Å². The molecule has 0 aliphatic carbocycles. The van der Waals surface area contributed by atoms with Crippen LogP contribution in [0, 0.1) is 6.92 Å². The molecule has 120 valence electrons. The van der Waals surface area contributed by atoms with Crippen molar-refractivity contribution in [1.82, 2.24) is 4.90 Å². The number of carbonyl (C=O) groups excluding carboxylic acids is 3. The summed E-state index contributed by atoms with van der Waals surface area (Å²) in [6.45, 7) is 5.63. The number of hydrogen-bond acceptors (Lipinski definition) is 3. The highest BCUT2D eigenvalue weighted by Gasteiger charge is 2.35. The van der Waals surface area contributed by atoms with Crippen LogP contribution in [0.2, 0.25) is 0 Å². The van der Waals surface area contributed by atoms with E-state index in [2.05, 4.69) is 11.9 Å². The minimum Gasteiger partial charge on any atom is -0.322 e. The minimum atomic E-state index is -0.403. The summed E-state index contributed by atoms with van der Waals surface area (Å²) in [6, 6.07) is 12.0. The maximum Gasteiger partial charge on any atom is 0.261 e. The molecule has 3 rings (SSSR count). The first-order chi connectivity index (χ1) is 11.5. The standard InChI is InChI=1S/C19H16N2O3/c1-3-9-21-18(23)15-8-7-13(11-16(15)19(21)24)17(22)20-14-6-4-5-12(2)10-14/h3-8,10-11H,1,9H2,2H3,(H,20,22). The van der Waals surface area contributed by atoms with Gasteiger partial charge < -0.3 is 5.32 Å². The van der Waals surface area contributed by atoms with Crippen molar-refractivity contribution >= 4 is 23.4 Å². The van der Waals surface area contributed by atoms with Crippen molar-refractivity contribution in [2.75, 3.05) is 11.9 Å². The lowest BCUT2D eigenvalue weighted by atomic mass is 10.1. The van der Waals surface area contributed by atoms with Gasteiger partial charge in [0.2, 0.25) is 0 Å². The van der Waals surface area contributed by atoms with Gasteiger partial charge in [0, 0.05) is 17.8 Å². The van der Waals surface area contributed by atoms with Crippen molar-refractivity contribution < 1.29 is 14.4 Å². The number of hydrogen-bond donors (Lipinski definition) is 1. The summed E-state index contributed by atoms with van der Waals surface area (Å²) in [4.78, 5) is 38.0. The molecule has 5 heteroatoms. The van der Waals surface area contributed by atoms with Crippen molar-refractivity contribution in [1.29, 1.82) is 0 Å². The number of fused-ring (bicyclic) bond motifs is 1. The maximum absolute atomic E-state index is 12.4. The van der Waals surface area contributed by atoms with Crippen LogP contribution in [0.1, 0.15) is 36.6 Å². The highest BCUT2D eigenvalue weighted by molar-refractivity contribution is 6.22. The lowest BCUT2D eigenvalue weighted by Crippen LogP contribution is -2.29. The van der Waals surface area contributed by atoms with Crippen molar-refractivity contribution in [2.45, 2.75) is 6.92 Å². The van der Waals surface area contributed by atoms with Gasteiger partial charge in [0.1, 0.15) is 0 Å².